The largest absolute Gasteiger partial charge is 0.271 e. The predicted octanol–water partition coefficient (Wildman–Crippen LogP) is 3.44. The van der Waals surface area contributed by atoms with E-state index in [2.05, 4.69) is 5.10 Å². The van der Waals surface area contributed by atoms with Gasteiger partial charge in [-0.3, -0.25) is 4.68 Å². The first-order chi connectivity index (χ1) is 7.29. The Bertz CT molecular complexity index is 451. The van der Waals surface area contributed by atoms with E-state index >= 15 is 0 Å². The molecular formula is C11H10Cl2N2. The lowest BCUT2D eigenvalue weighted by molar-refractivity contribution is 0.666. The first kappa shape index (κ1) is 10.5. The highest BCUT2D eigenvalue weighted by Crippen LogP contribution is 2.20. The van der Waals surface area contributed by atoms with Gasteiger partial charge < -0.3 is 0 Å². The second-order valence-electron chi connectivity index (χ2n) is 3.16. The summed E-state index contributed by atoms with van der Waals surface area (Å²) in [4.78, 5) is 0. The quantitative estimate of drug-likeness (QED) is 0.752. The fourth-order valence-corrected chi connectivity index (χ4v) is 1.74. The van der Waals surface area contributed by atoms with Crippen LogP contribution >= 0.6 is 23.2 Å². The third-order valence-corrected chi connectivity index (χ3v) is 2.48. The Labute approximate surface area is 98.4 Å². The Morgan fingerprint density at radius 1 is 1.27 bits per heavy atom. The van der Waals surface area contributed by atoms with Gasteiger partial charge in [-0.05, 0) is 18.2 Å². The Balaban J connectivity index is 2.29. The highest BCUT2D eigenvalue weighted by molar-refractivity contribution is 6.30. The Morgan fingerprint density at radius 2 is 2.13 bits per heavy atom. The molecule has 0 amide bonds. The molecule has 0 aliphatic rings. The van der Waals surface area contributed by atoms with Crippen LogP contribution in [0.3, 0.4) is 0 Å². The lowest BCUT2D eigenvalue weighted by Gasteiger charge is -1.98. The zero-order valence-corrected chi connectivity index (χ0v) is 9.54. The van der Waals surface area contributed by atoms with Crippen LogP contribution in [0.1, 0.15) is 0 Å². The van der Waals surface area contributed by atoms with E-state index in [0.717, 1.165) is 22.8 Å². The summed E-state index contributed by atoms with van der Waals surface area (Å²) in [5.74, 6) is 0.566. The molecule has 2 aromatic rings. The zero-order chi connectivity index (χ0) is 10.7. The fourth-order valence-electron chi connectivity index (χ4n) is 1.37. The molecule has 0 radical (unpaired) electrons. The minimum absolute atomic E-state index is 0.566. The fraction of sp³-hybridized carbons (Fsp3) is 0.182. The molecule has 0 N–H and O–H groups in total. The van der Waals surface area contributed by atoms with E-state index in [1.54, 1.807) is 0 Å². The van der Waals surface area contributed by atoms with Gasteiger partial charge in [0.2, 0.25) is 0 Å². The molecule has 15 heavy (non-hydrogen) atoms. The molecule has 1 heterocycles. The maximum absolute atomic E-state index is 5.91. The maximum Gasteiger partial charge on any atom is 0.0923 e. The summed E-state index contributed by atoms with van der Waals surface area (Å²) in [7, 11) is 0. The van der Waals surface area contributed by atoms with E-state index in [9.17, 15) is 0 Å². The first-order valence-electron chi connectivity index (χ1n) is 4.65. The van der Waals surface area contributed by atoms with E-state index in [-0.39, 0.29) is 0 Å². The van der Waals surface area contributed by atoms with Crippen molar-refractivity contribution in [3.05, 3.63) is 41.6 Å². The molecule has 0 unspecified atom stereocenters. The van der Waals surface area contributed by atoms with Crippen LogP contribution in [0.25, 0.3) is 11.3 Å². The number of nitrogens with zero attached hydrogens (tertiary/aromatic N) is 2. The molecule has 0 fully saturated rings. The topological polar surface area (TPSA) is 17.8 Å². The second kappa shape index (κ2) is 4.69. The van der Waals surface area contributed by atoms with Gasteiger partial charge in [-0.15, -0.1) is 11.6 Å². The van der Waals surface area contributed by atoms with Crippen LogP contribution in [0, 0.1) is 0 Å². The number of halogens is 2. The molecule has 1 aromatic carbocycles. The summed E-state index contributed by atoms with van der Waals surface area (Å²) in [6.45, 7) is 0.724. The number of alkyl halides is 1. The summed E-state index contributed by atoms with van der Waals surface area (Å²) in [6.07, 6.45) is 1.92. The van der Waals surface area contributed by atoms with Crippen molar-refractivity contribution in [3.8, 4) is 11.3 Å². The normalized spacial score (nSPS) is 10.5. The molecule has 0 bridgehead atoms. The number of hydrogen-bond donors (Lipinski definition) is 0. The Hall–Kier alpha value is -0.990. The van der Waals surface area contributed by atoms with Gasteiger partial charge in [0.05, 0.1) is 12.2 Å². The van der Waals surface area contributed by atoms with Crippen LogP contribution in [-0.4, -0.2) is 15.7 Å². The molecule has 78 valence electrons. The van der Waals surface area contributed by atoms with Gasteiger partial charge in [0.15, 0.2) is 0 Å². The predicted molar refractivity (Wildman–Crippen MR) is 63.4 cm³/mol. The monoisotopic (exact) mass is 240 g/mol. The van der Waals surface area contributed by atoms with Crippen LogP contribution in [0.15, 0.2) is 36.5 Å². The van der Waals surface area contributed by atoms with E-state index in [0.29, 0.717) is 5.88 Å². The Kier molecular flexibility index (Phi) is 3.29. The van der Waals surface area contributed by atoms with E-state index in [1.165, 1.54) is 0 Å². The van der Waals surface area contributed by atoms with Gasteiger partial charge in [-0.25, -0.2) is 0 Å². The van der Waals surface area contributed by atoms with Gasteiger partial charge in [0.1, 0.15) is 0 Å². The van der Waals surface area contributed by atoms with Gasteiger partial charge in [0.25, 0.3) is 0 Å². The zero-order valence-electron chi connectivity index (χ0n) is 8.03. The van der Waals surface area contributed by atoms with Gasteiger partial charge in [-0.1, -0.05) is 23.7 Å². The van der Waals surface area contributed by atoms with Crippen LogP contribution in [0.4, 0.5) is 0 Å². The second-order valence-corrected chi connectivity index (χ2v) is 3.98. The molecule has 0 spiro atoms. The molecule has 2 nitrogen and oxygen atoms in total. The average molecular weight is 241 g/mol. The van der Waals surface area contributed by atoms with E-state index < -0.39 is 0 Å². The van der Waals surface area contributed by atoms with Gasteiger partial charge in [-0.2, -0.15) is 5.10 Å². The molecule has 0 atom stereocenters. The third kappa shape index (κ3) is 2.52. The number of benzene rings is 1. The first-order valence-corrected chi connectivity index (χ1v) is 5.56. The number of aryl methyl sites for hydroxylation is 1. The van der Waals surface area contributed by atoms with Crippen molar-refractivity contribution in [1.82, 2.24) is 9.78 Å². The number of hydrogen-bond acceptors (Lipinski definition) is 1. The molecule has 2 rings (SSSR count). The third-order valence-electron chi connectivity index (χ3n) is 2.07. The minimum Gasteiger partial charge on any atom is -0.271 e. The van der Waals surface area contributed by atoms with E-state index in [1.807, 2.05) is 41.2 Å². The number of rotatable bonds is 3. The lowest BCUT2D eigenvalue weighted by Crippen LogP contribution is -1.99. The van der Waals surface area contributed by atoms with Crippen LogP contribution < -0.4 is 0 Å². The SMILES string of the molecule is ClCCn1ccc(-c2cccc(Cl)c2)n1. The van der Waals surface area contributed by atoms with E-state index in [4.69, 9.17) is 23.2 Å². The summed E-state index contributed by atoms with van der Waals surface area (Å²) >= 11 is 11.5. The highest BCUT2D eigenvalue weighted by atomic mass is 35.5. The highest BCUT2D eigenvalue weighted by Gasteiger charge is 2.02. The van der Waals surface area contributed by atoms with Gasteiger partial charge >= 0.3 is 0 Å². The molecule has 0 aliphatic heterocycles. The van der Waals surface area contributed by atoms with Crippen molar-refractivity contribution in [2.45, 2.75) is 6.54 Å². The van der Waals surface area contributed by atoms with Crippen molar-refractivity contribution in [2.75, 3.05) is 5.88 Å². The van der Waals surface area contributed by atoms with Crippen LogP contribution in [0.2, 0.25) is 5.02 Å². The molecule has 0 saturated carbocycles. The van der Waals surface area contributed by atoms with Crippen molar-refractivity contribution in [2.24, 2.45) is 0 Å². The van der Waals surface area contributed by atoms with Crippen molar-refractivity contribution < 1.29 is 0 Å². The lowest BCUT2D eigenvalue weighted by atomic mass is 10.2. The molecule has 0 saturated heterocycles. The van der Waals surface area contributed by atoms with Crippen LogP contribution in [-0.2, 0) is 6.54 Å². The molecule has 1 aromatic heterocycles. The van der Waals surface area contributed by atoms with Crippen molar-refractivity contribution in [1.29, 1.82) is 0 Å². The molecule has 4 heteroatoms. The number of aromatic nitrogens is 2. The summed E-state index contributed by atoms with van der Waals surface area (Å²) in [5, 5.41) is 5.11. The van der Waals surface area contributed by atoms with Crippen LogP contribution in [0.5, 0.6) is 0 Å². The Morgan fingerprint density at radius 3 is 2.87 bits per heavy atom. The van der Waals surface area contributed by atoms with Crippen molar-refractivity contribution in [3.63, 3.8) is 0 Å². The van der Waals surface area contributed by atoms with Crippen molar-refractivity contribution >= 4 is 23.2 Å². The standard InChI is InChI=1S/C11H10Cl2N2/c12-5-7-15-6-4-11(14-15)9-2-1-3-10(13)8-9/h1-4,6,8H,5,7H2. The summed E-state index contributed by atoms with van der Waals surface area (Å²) < 4.78 is 1.82. The summed E-state index contributed by atoms with van der Waals surface area (Å²) in [6, 6.07) is 9.60. The average Bonchev–Trinajstić information content (AvgIpc) is 2.67. The maximum atomic E-state index is 5.91. The minimum atomic E-state index is 0.566. The summed E-state index contributed by atoms with van der Waals surface area (Å²) in [5.41, 5.74) is 1.94. The molecule has 0 aliphatic carbocycles. The van der Waals surface area contributed by atoms with Gasteiger partial charge in [0, 0.05) is 22.7 Å². The smallest absolute Gasteiger partial charge is 0.0923 e. The molecular weight excluding hydrogens is 231 g/mol.